The maximum Gasteiger partial charge on any atom is 1.00 e. The van der Waals surface area contributed by atoms with Gasteiger partial charge in [0, 0.05) is 5.92 Å². The molecule has 36 heavy (non-hydrogen) atoms. The molecule has 0 bridgehead atoms. The molecule has 0 aromatic rings. The summed E-state index contributed by atoms with van der Waals surface area (Å²) in [5.41, 5.74) is 0. The zero-order valence-corrected chi connectivity index (χ0v) is 28.4. The van der Waals surface area contributed by atoms with Crippen molar-refractivity contribution in [2.45, 2.75) is 168 Å². The average Bonchev–Trinajstić information content (AvgIpc) is 2.82. The third kappa shape index (κ3) is 33.3. The fourth-order valence-corrected chi connectivity index (χ4v) is 5.03. The minimum atomic E-state index is -4.61. The van der Waals surface area contributed by atoms with Gasteiger partial charge >= 0.3 is 51.4 Å². The van der Waals surface area contributed by atoms with E-state index in [2.05, 4.69) is 30.2 Å². The standard InChI is InChI=1S/C30H60O4S.K/c1-3-5-7-9-11-12-13-14-15-16-17-18-19-20-21-22-24-26-28-30(29-34-35(31,32)33)27-25-23-10-8-6-4-2;/h26,28,30H,3-25,27,29H2,1-2H3,(H,31,32,33);/q;+1/p-1/b28-26+;. The SMILES string of the molecule is CCCCCCCCCCCCCCCCCC/C=C/C(CCCCCCCC)COS(=O)(=O)[O-].[K+]. The van der Waals surface area contributed by atoms with E-state index in [1.807, 2.05) is 0 Å². The molecule has 1 atom stereocenters. The predicted molar refractivity (Wildman–Crippen MR) is 150 cm³/mol. The molecule has 0 rings (SSSR count). The van der Waals surface area contributed by atoms with Gasteiger partial charge in [0.2, 0.25) is 10.4 Å². The van der Waals surface area contributed by atoms with Crippen LogP contribution in [0, 0.1) is 5.92 Å². The van der Waals surface area contributed by atoms with Gasteiger partial charge in [0.05, 0.1) is 6.61 Å². The van der Waals surface area contributed by atoms with Crippen LogP contribution < -0.4 is 51.4 Å². The maximum atomic E-state index is 10.8. The second-order valence-electron chi connectivity index (χ2n) is 10.5. The topological polar surface area (TPSA) is 66.4 Å². The Morgan fingerprint density at radius 3 is 1.36 bits per heavy atom. The van der Waals surface area contributed by atoms with E-state index >= 15 is 0 Å². The Balaban J connectivity index is 0. The maximum absolute atomic E-state index is 10.8. The van der Waals surface area contributed by atoms with E-state index in [-0.39, 0.29) is 63.9 Å². The van der Waals surface area contributed by atoms with E-state index in [4.69, 9.17) is 0 Å². The van der Waals surface area contributed by atoms with Crippen molar-refractivity contribution in [1.82, 2.24) is 0 Å². The summed E-state index contributed by atoms with van der Waals surface area (Å²) in [6, 6.07) is 0. The molecular weight excluding hydrogens is 495 g/mol. The van der Waals surface area contributed by atoms with Gasteiger partial charge in [0.25, 0.3) is 0 Å². The van der Waals surface area contributed by atoms with E-state index in [1.165, 1.54) is 128 Å². The minimum absolute atomic E-state index is 0. The van der Waals surface area contributed by atoms with Crippen LogP contribution >= 0.6 is 0 Å². The van der Waals surface area contributed by atoms with E-state index in [0.29, 0.717) is 0 Å². The second-order valence-corrected chi connectivity index (χ2v) is 11.6. The number of unbranched alkanes of at least 4 members (excludes halogenated alkanes) is 21. The largest absolute Gasteiger partial charge is 1.00 e. The van der Waals surface area contributed by atoms with Crippen molar-refractivity contribution in [3.8, 4) is 0 Å². The molecule has 0 saturated heterocycles. The van der Waals surface area contributed by atoms with Crippen molar-refractivity contribution in [1.29, 1.82) is 0 Å². The summed E-state index contributed by atoms with van der Waals surface area (Å²) in [6.45, 7) is 4.47. The van der Waals surface area contributed by atoms with Gasteiger partial charge in [-0.1, -0.05) is 161 Å². The van der Waals surface area contributed by atoms with Crippen molar-refractivity contribution in [2.24, 2.45) is 5.92 Å². The summed E-state index contributed by atoms with van der Waals surface area (Å²) in [6.07, 6.45) is 35.4. The first-order valence-corrected chi connectivity index (χ1v) is 16.6. The molecule has 0 amide bonds. The number of allylic oxidation sites excluding steroid dienone is 1. The van der Waals surface area contributed by atoms with Crippen LogP contribution in [0.2, 0.25) is 0 Å². The third-order valence-electron chi connectivity index (χ3n) is 6.99. The molecule has 6 heteroatoms. The molecule has 4 nitrogen and oxygen atoms in total. The van der Waals surface area contributed by atoms with Gasteiger partial charge in [-0.3, -0.25) is 4.18 Å². The number of hydrogen-bond donors (Lipinski definition) is 0. The molecular formula is C30H59KO4S. The van der Waals surface area contributed by atoms with Gasteiger partial charge in [-0.05, 0) is 19.3 Å². The molecule has 0 aliphatic heterocycles. The monoisotopic (exact) mass is 554 g/mol. The third-order valence-corrected chi connectivity index (χ3v) is 7.41. The molecule has 0 aromatic heterocycles. The van der Waals surface area contributed by atoms with Crippen LogP contribution in [0.15, 0.2) is 12.2 Å². The van der Waals surface area contributed by atoms with Gasteiger partial charge in [0.15, 0.2) is 0 Å². The van der Waals surface area contributed by atoms with Crippen LogP contribution in [-0.4, -0.2) is 19.6 Å². The number of hydrogen-bond acceptors (Lipinski definition) is 4. The van der Waals surface area contributed by atoms with Crippen LogP contribution in [0.5, 0.6) is 0 Å². The van der Waals surface area contributed by atoms with Gasteiger partial charge in [-0.2, -0.15) is 0 Å². The van der Waals surface area contributed by atoms with E-state index < -0.39 is 10.4 Å². The summed E-state index contributed by atoms with van der Waals surface area (Å²) in [5, 5.41) is 0. The Kier molecular flexibility index (Phi) is 33.7. The summed E-state index contributed by atoms with van der Waals surface area (Å²) >= 11 is 0. The smallest absolute Gasteiger partial charge is 0.726 e. The van der Waals surface area contributed by atoms with Crippen LogP contribution in [0.1, 0.15) is 168 Å². The average molecular weight is 555 g/mol. The second kappa shape index (κ2) is 30.8. The molecule has 210 valence electrons. The van der Waals surface area contributed by atoms with Gasteiger partial charge < -0.3 is 4.55 Å². The molecule has 0 heterocycles. The fraction of sp³-hybridized carbons (Fsp3) is 0.933. The first kappa shape index (κ1) is 39.4. The van der Waals surface area contributed by atoms with Crippen molar-refractivity contribution in [2.75, 3.05) is 6.61 Å². The molecule has 0 saturated carbocycles. The first-order chi connectivity index (χ1) is 17.0. The van der Waals surface area contributed by atoms with Gasteiger partial charge in [-0.15, -0.1) is 0 Å². The molecule has 0 aliphatic rings. The molecule has 0 spiro atoms. The van der Waals surface area contributed by atoms with Gasteiger partial charge in [-0.25, -0.2) is 8.42 Å². The van der Waals surface area contributed by atoms with Crippen molar-refractivity contribution < 1.29 is 68.5 Å². The predicted octanol–water partition coefficient (Wildman–Crippen LogP) is 7.04. The molecule has 0 N–H and O–H groups in total. The number of rotatable bonds is 28. The summed E-state index contributed by atoms with van der Waals surface area (Å²) in [5.74, 6) is 0.0194. The Labute approximate surface area is 269 Å². The van der Waals surface area contributed by atoms with E-state index in [1.54, 1.807) is 0 Å². The minimum Gasteiger partial charge on any atom is -0.726 e. The van der Waals surface area contributed by atoms with Gasteiger partial charge in [0.1, 0.15) is 0 Å². The summed E-state index contributed by atoms with van der Waals surface area (Å²) < 4.78 is 37.0. The van der Waals surface area contributed by atoms with Crippen molar-refractivity contribution in [3.63, 3.8) is 0 Å². The zero-order chi connectivity index (χ0) is 25.9. The quantitative estimate of drug-likeness (QED) is 0.0342. The van der Waals surface area contributed by atoms with Crippen molar-refractivity contribution in [3.05, 3.63) is 12.2 Å². The Morgan fingerprint density at radius 1 is 0.611 bits per heavy atom. The summed E-state index contributed by atoms with van der Waals surface area (Å²) in [7, 11) is -4.61. The Bertz CT molecular complexity index is 551. The van der Waals surface area contributed by atoms with E-state index in [0.717, 1.165) is 25.7 Å². The molecule has 0 aromatic carbocycles. The van der Waals surface area contributed by atoms with E-state index in [9.17, 15) is 13.0 Å². The van der Waals surface area contributed by atoms with Crippen LogP contribution in [0.4, 0.5) is 0 Å². The van der Waals surface area contributed by atoms with Crippen LogP contribution in [0.25, 0.3) is 0 Å². The van der Waals surface area contributed by atoms with Crippen LogP contribution in [-0.2, 0) is 14.6 Å². The first-order valence-electron chi connectivity index (χ1n) is 15.3. The fourth-order valence-electron chi connectivity index (χ4n) is 4.69. The van der Waals surface area contributed by atoms with Crippen LogP contribution in [0.3, 0.4) is 0 Å². The molecule has 1 unspecified atom stereocenters. The Hall–Kier alpha value is 1.25. The normalized spacial score (nSPS) is 12.8. The summed E-state index contributed by atoms with van der Waals surface area (Å²) in [4.78, 5) is 0. The van der Waals surface area contributed by atoms with Crippen molar-refractivity contribution >= 4 is 10.4 Å². The zero-order valence-electron chi connectivity index (χ0n) is 24.5. The molecule has 0 fully saturated rings. The molecule has 0 aliphatic carbocycles. The molecule has 0 radical (unpaired) electrons. The Morgan fingerprint density at radius 2 is 0.972 bits per heavy atom.